The lowest BCUT2D eigenvalue weighted by Gasteiger charge is -2.07. The van der Waals surface area contributed by atoms with Crippen LogP contribution in [-0.2, 0) is 0 Å². The van der Waals surface area contributed by atoms with Crippen molar-refractivity contribution in [2.24, 2.45) is 0 Å². The van der Waals surface area contributed by atoms with Crippen molar-refractivity contribution in [3.05, 3.63) is 16.7 Å². The van der Waals surface area contributed by atoms with E-state index in [4.69, 9.17) is 20.8 Å². The smallest absolute Gasteiger partial charge is 0.322 e. The fourth-order valence-corrected chi connectivity index (χ4v) is 2.15. The number of ether oxygens (including phenoxy) is 1. The number of oxazole rings is 1. The van der Waals surface area contributed by atoms with E-state index in [1.807, 2.05) is 27.7 Å². The average molecular weight is 301 g/mol. The molecule has 0 aliphatic rings. The third kappa shape index (κ3) is 3.81. The Morgan fingerprint density at radius 2 is 1.89 bits per heavy atom. The minimum absolute atomic E-state index is 0.0393. The van der Waals surface area contributed by atoms with E-state index in [1.165, 1.54) is 11.8 Å². The number of hydrogen-bond acceptors (Lipinski definition) is 7. The van der Waals surface area contributed by atoms with Gasteiger partial charge in [-0.05, 0) is 39.3 Å². The SMILES string of the molecule is Cc1nc(Sc2nc(Cl)nc(OC(C)C)n2)oc1C. The molecule has 0 N–H and O–H groups in total. The van der Waals surface area contributed by atoms with E-state index in [1.54, 1.807) is 0 Å². The summed E-state index contributed by atoms with van der Waals surface area (Å²) in [5.41, 5.74) is 0.835. The minimum atomic E-state index is -0.0393. The van der Waals surface area contributed by atoms with Crippen LogP contribution in [0, 0.1) is 13.8 Å². The summed E-state index contributed by atoms with van der Waals surface area (Å²) in [6, 6.07) is 0.192. The van der Waals surface area contributed by atoms with Crippen LogP contribution >= 0.6 is 23.4 Å². The van der Waals surface area contributed by atoms with Crippen molar-refractivity contribution in [1.29, 1.82) is 0 Å². The molecule has 0 fully saturated rings. The zero-order valence-electron chi connectivity index (χ0n) is 11.0. The highest BCUT2D eigenvalue weighted by atomic mass is 35.5. The van der Waals surface area contributed by atoms with E-state index in [-0.39, 0.29) is 17.4 Å². The number of rotatable bonds is 4. The van der Waals surface area contributed by atoms with E-state index in [9.17, 15) is 0 Å². The van der Waals surface area contributed by atoms with Crippen molar-refractivity contribution < 1.29 is 9.15 Å². The summed E-state index contributed by atoms with van der Waals surface area (Å²) >= 11 is 7.00. The number of nitrogens with zero attached hydrogens (tertiary/aromatic N) is 4. The Balaban J connectivity index is 2.22. The Labute approximate surface area is 120 Å². The van der Waals surface area contributed by atoms with Crippen LogP contribution in [0.2, 0.25) is 5.28 Å². The van der Waals surface area contributed by atoms with Gasteiger partial charge in [-0.2, -0.15) is 15.0 Å². The van der Waals surface area contributed by atoms with Gasteiger partial charge in [-0.1, -0.05) is 0 Å². The average Bonchev–Trinajstić information content (AvgIpc) is 2.55. The molecule has 0 bridgehead atoms. The fraction of sp³-hybridized carbons (Fsp3) is 0.455. The molecule has 0 saturated heterocycles. The summed E-state index contributed by atoms with van der Waals surface area (Å²) in [6.07, 6.45) is -0.0393. The van der Waals surface area contributed by atoms with Crippen LogP contribution in [0.3, 0.4) is 0 Å². The van der Waals surface area contributed by atoms with Crippen molar-refractivity contribution in [3.8, 4) is 6.01 Å². The van der Waals surface area contributed by atoms with Gasteiger partial charge in [0.1, 0.15) is 5.76 Å². The maximum Gasteiger partial charge on any atom is 0.322 e. The number of aryl methyl sites for hydroxylation is 2. The Morgan fingerprint density at radius 1 is 1.16 bits per heavy atom. The topological polar surface area (TPSA) is 73.9 Å². The molecule has 8 heteroatoms. The van der Waals surface area contributed by atoms with Gasteiger partial charge in [0.15, 0.2) is 0 Å². The highest BCUT2D eigenvalue weighted by Gasteiger charge is 2.13. The lowest BCUT2D eigenvalue weighted by atomic mass is 10.4. The second kappa shape index (κ2) is 5.75. The van der Waals surface area contributed by atoms with Crippen LogP contribution in [0.4, 0.5) is 0 Å². The Hall–Kier alpha value is -1.34. The molecule has 2 aromatic rings. The monoisotopic (exact) mass is 300 g/mol. The molecule has 0 unspecified atom stereocenters. The van der Waals surface area contributed by atoms with Gasteiger partial charge in [-0.15, -0.1) is 0 Å². The zero-order valence-corrected chi connectivity index (χ0v) is 12.5. The molecular formula is C11H13ClN4O2S. The molecule has 2 aromatic heterocycles. The maximum atomic E-state index is 5.83. The highest BCUT2D eigenvalue weighted by Crippen LogP contribution is 2.27. The summed E-state index contributed by atoms with van der Waals surface area (Å²) in [5.74, 6) is 0.765. The largest absolute Gasteiger partial charge is 0.461 e. The van der Waals surface area contributed by atoms with Crippen LogP contribution in [0.25, 0.3) is 0 Å². The molecule has 102 valence electrons. The first-order valence-corrected chi connectivity index (χ1v) is 6.83. The highest BCUT2D eigenvalue weighted by molar-refractivity contribution is 7.98. The summed E-state index contributed by atoms with van der Waals surface area (Å²) < 4.78 is 10.8. The van der Waals surface area contributed by atoms with Crippen LogP contribution in [0.5, 0.6) is 6.01 Å². The third-order valence-electron chi connectivity index (χ3n) is 2.10. The zero-order chi connectivity index (χ0) is 14.0. The standard InChI is InChI=1S/C11H13ClN4O2S/c1-5(2)17-9-14-8(12)15-10(16-9)19-11-13-6(3)7(4)18-11/h5H,1-4H3. The normalized spacial score (nSPS) is 11.1. The molecule has 0 radical (unpaired) electrons. The summed E-state index contributed by atoms with van der Waals surface area (Å²) in [4.78, 5) is 16.3. The molecule has 6 nitrogen and oxygen atoms in total. The molecule has 0 atom stereocenters. The molecule has 0 aliphatic heterocycles. The third-order valence-corrected chi connectivity index (χ3v) is 2.98. The Bertz CT molecular complexity index is 569. The lowest BCUT2D eigenvalue weighted by molar-refractivity contribution is 0.219. The lowest BCUT2D eigenvalue weighted by Crippen LogP contribution is -2.09. The fourth-order valence-electron chi connectivity index (χ4n) is 1.19. The second-order valence-corrected chi connectivity index (χ2v) is 5.32. The first-order valence-electron chi connectivity index (χ1n) is 5.64. The molecular weight excluding hydrogens is 288 g/mol. The van der Waals surface area contributed by atoms with Gasteiger partial charge < -0.3 is 9.15 Å². The van der Waals surface area contributed by atoms with Crippen molar-refractivity contribution >= 4 is 23.4 Å². The molecule has 0 aromatic carbocycles. The first-order chi connectivity index (χ1) is 8.94. The van der Waals surface area contributed by atoms with Gasteiger partial charge in [0.25, 0.3) is 5.22 Å². The summed E-state index contributed by atoms with van der Waals surface area (Å²) in [6.45, 7) is 7.48. The van der Waals surface area contributed by atoms with E-state index in [2.05, 4.69) is 19.9 Å². The first kappa shape index (κ1) is 14.1. The number of aromatic nitrogens is 4. The van der Waals surface area contributed by atoms with Crippen LogP contribution < -0.4 is 4.74 Å². The van der Waals surface area contributed by atoms with Crippen molar-refractivity contribution in [3.63, 3.8) is 0 Å². The van der Waals surface area contributed by atoms with E-state index >= 15 is 0 Å². The van der Waals surface area contributed by atoms with Gasteiger partial charge in [-0.25, -0.2) is 4.98 Å². The summed E-state index contributed by atoms with van der Waals surface area (Å²) in [7, 11) is 0. The van der Waals surface area contributed by atoms with Gasteiger partial charge in [-0.3, -0.25) is 0 Å². The number of halogens is 1. The molecule has 2 rings (SSSR count). The predicted molar refractivity (Wildman–Crippen MR) is 70.7 cm³/mol. The molecule has 0 amide bonds. The second-order valence-electron chi connectivity index (χ2n) is 4.06. The van der Waals surface area contributed by atoms with Crippen LogP contribution in [-0.4, -0.2) is 26.0 Å². The van der Waals surface area contributed by atoms with Gasteiger partial charge in [0.2, 0.25) is 10.4 Å². The van der Waals surface area contributed by atoms with Crippen molar-refractivity contribution in [2.75, 3.05) is 0 Å². The van der Waals surface area contributed by atoms with E-state index in [0.29, 0.717) is 10.4 Å². The number of hydrogen-bond donors (Lipinski definition) is 0. The molecule has 0 spiro atoms. The maximum absolute atomic E-state index is 5.83. The van der Waals surface area contributed by atoms with Crippen molar-refractivity contribution in [2.45, 2.75) is 44.2 Å². The Kier molecular flexibility index (Phi) is 4.26. The molecule has 0 aliphatic carbocycles. The van der Waals surface area contributed by atoms with Crippen molar-refractivity contribution in [1.82, 2.24) is 19.9 Å². The van der Waals surface area contributed by atoms with Gasteiger partial charge in [0, 0.05) is 11.8 Å². The van der Waals surface area contributed by atoms with E-state index in [0.717, 1.165) is 11.5 Å². The molecule has 19 heavy (non-hydrogen) atoms. The van der Waals surface area contributed by atoms with Gasteiger partial charge >= 0.3 is 6.01 Å². The predicted octanol–water partition coefficient (Wildman–Crippen LogP) is 3.07. The van der Waals surface area contributed by atoms with Crippen LogP contribution in [0.15, 0.2) is 14.8 Å². The van der Waals surface area contributed by atoms with Gasteiger partial charge in [0.05, 0.1) is 11.8 Å². The minimum Gasteiger partial charge on any atom is -0.461 e. The van der Waals surface area contributed by atoms with Crippen LogP contribution in [0.1, 0.15) is 25.3 Å². The molecule has 0 saturated carbocycles. The Morgan fingerprint density at radius 3 is 2.47 bits per heavy atom. The quantitative estimate of drug-likeness (QED) is 0.859. The van der Waals surface area contributed by atoms with E-state index < -0.39 is 0 Å². The summed E-state index contributed by atoms with van der Waals surface area (Å²) in [5, 5.41) is 0.929. The molecule has 2 heterocycles.